The zero-order chi connectivity index (χ0) is 27.1. The second-order valence-corrected chi connectivity index (χ2v) is 9.55. The molecule has 1 amide bonds. The van der Waals surface area contributed by atoms with E-state index >= 15 is 0 Å². The Hall–Kier alpha value is -2.69. The third-order valence-corrected chi connectivity index (χ3v) is 6.59. The summed E-state index contributed by atoms with van der Waals surface area (Å²) in [4.78, 5) is 35.0. The predicted molar refractivity (Wildman–Crippen MR) is 134 cm³/mol. The van der Waals surface area contributed by atoms with E-state index in [1.54, 1.807) is 24.3 Å². The number of carbonyl (C=O) groups excluding carboxylic acids is 3. The molecular formula is C27H39NO9. The van der Waals surface area contributed by atoms with Crippen molar-refractivity contribution in [2.24, 2.45) is 5.92 Å². The van der Waals surface area contributed by atoms with Crippen LogP contribution in [0, 0.1) is 5.92 Å². The first kappa shape index (κ1) is 28.9. The normalized spacial score (nSPS) is 31.7. The molecule has 0 saturated carbocycles. The highest BCUT2D eigenvalue weighted by Crippen LogP contribution is 2.35. The number of carbonyl (C=O) groups is 3. The van der Waals surface area contributed by atoms with Crippen molar-refractivity contribution in [2.75, 3.05) is 5.32 Å². The molecule has 37 heavy (non-hydrogen) atoms. The van der Waals surface area contributed by atoms with Gasteiger partial charge in [0.15, 0.2) is 18.7 Å². The van der Waals surface area contributed by atoms with Gasteiger partial charge in [0, 0.05) is 38.8 Å². The van der Waals surface area contributed by atoms with E-state index in [0.29, 0.717) is 37.1 Å². The summed E-state index contributed by atoms with van der Waals surface area (Å²) in [6.45, 7) is 9.99. The molecule has 8 atom stereocenters. The van der Waals surface area contributed by atoms with Gasteiger partial charge in [0.05, 0.1) is 18.3 Å². The Morgan fingerprint density at radius 2 is 1.51 bits per heavy atom. The molecule has 2 fully saturated rings. The summed E-state index contributed by atoms with van der Waals surface area (Å²) in [5, 5.41) is 2.72. The summed E-state index contributed by atoms with van der Waals surface area (Å²) in [6, 6.07) is 7.09. The van der Waals surface area contributed by atoms with Crippen LogP contribution in [-0.4, -0.2) is 60.9 Å². The molecule has 10 nitrogen and oxygen atoms in total. The summed E-state index contributed by atoms with van der Waals surface area (Å²) in [5.41, 5.74) is 0.686. The minimum absolute atomic E-state index is 0.141. The van der Waals surface area contributed by atoms with Gasteiger partial charge in [0.2, 0.25) is 5.91 Å². The van der Waals surface area contributed by atoms with Crippen LogP contribution in [0.15, 0.2) is 24.3 Å². The number of hydrogen-bond acceptors (Lipinski definition) is 9. The van der Waals surface area contributed by atoms with Gasteiger partial charge in [0.25, 0.3) is 0 Å². The van der Waals surface area contributed by atoms with Gasteiger partial charge in [-0.15, -0.1) is 0 Å². The van der Waals surface area contributed by atoms with Crippen LogP contribution < -0.4 is 10.1 Å². The molecule has 0 aliphatic carbocycles. The van der Waals surface area contributed by atoms with Crippen LogP contribution in [-0.2, 0) is 38.1 Å². The smallest absolute Gasteiger partial charge is 0.303 e. The van der Waals surface area contributed by atoms with Crippen molar-refractivity contribution < 1.29 is 42.8 Å². The van der Waals surface area contributed by atoms with Crippen LogP contribution >= 0.6 is 0 Å². The summed E-state index contributed by atoms with van der Waals surface area (Å²) in [7, 11) is 0. The van der Waals surface area contributed by atoms with E-state index in [-0.39, 0.29) is 30.1 Å². The standard InChI is InChI=1S/C27H39NO9/c1-7-21-15(3)25(32-17(5)30)26(33-18(6)31)27(36-21)37-23-13-14-24(35-22(23)8-2)34-20-11-9-19(10-12-20)28-16(4)29/h9-12,15,21-27H,7-8,13-14H2,1-6H3,(H,28,29)/t15-,21-,22-,23+,24+,25+,26-,27?/m1/s1. The van der Waals surface area contributed by atoms with E-state index in [0.717, 1.165) is 0 Å². The van der Waals surface area contributed by atoms with Gasteiger partial charge in [-0.05, 0) is 43.5 Å². The molecule has 2 saturated heterocycles. The number of ether oxygens (including phenoxy) is 6. The van der Waals surface area contributed by atoms with Gasteiger partial charge < -0.3 is 33.7 Å². The highest BCUT2D eigenvalue weighted by molar-refractivity contribution is 5.88. The molecule has 1 N–H and O–H groups in total. The van der Waals surface area contributed by atoms with Crippen LogP contribution in [0.4, 0.5) is 5.69 Å². The Bertz CT molecular complexity index is 921. The summed E-state index contributed by atoms with van der Waals surface area (Å²) in [6.07, 6.45) is -1.27. The lowest BCUT2D eigenvalue weighted by atomic mass is 9.88. The molecule has 10 heteroatoms. The van der Waals surface area contributed by atoms with Crippen LogP contribution in [0.25, 0.3) is 0 Å². The second kappa shape index (κ2) is 13.2. The Morgan fingerprint density at radius 3 is 2.08 bits per heavy atom. The monoisotopic (exact) mass is 521 g/mol. The average Bonchev–Trinajstić information content (AvgIpc) is 2.84. The number of nitrogens with one attached hydrogen (secondary N) is 1. The van der Waals surface area contributed by atoms with Crippen molar-refractivity contribution in [1.29, 1.82) is 0 Å². The molecule has 0 aromatic heterocycles. The van der Waals surface area contributed by atoms with Gasteiger partial charge in [-0.3, -0.25) is 14.4 Å². The molecule has 3 rings (SSSR count). The van der Waals surface area contributed by atoms with E-state index in [1.807, 2.05) is 20.8 Å². The zero-order valence-corrected chi connectivity index (χ0v) is 22.4. The number of rotatable bonds is 9. The Balaban J connectivity index is 1.68. The maximum absolute atomic E-state index is 11.9. The number of hydrogen-bond donors (Lipinski definition) is 1. The van der Waals surface area contributed by atoms with Crippen molar-refractivity contribution in [3.63, 3.8) is 0 Å². The molecule has 2 aliphatic heterocycles. The first-order valence-electron chi connectivity index (χ1n) is 13.0. The van der Waals surface area contributed by atoms with Gasteiger partial charge in [-0.25, -0.2) is 0 Å². The summed E-state index contributed by atoms with van der Waals surface area (Å²) >= 11 is 0. The van der Waals surface area contributed by atoms with Crippen LogP contribution in [0.5, 0.6) is 5.75 Å². The van der Waals surface area contributed by atoms with Crippen molar-refractivity contribution in [3.05, 3.63) is 24.3 Å². The molecular weight excluding hydrogens is 482 g/mol. The highest BCUT2D eigenvalue weighted by Gasteiger charge is 2.49. The third kappa shape index (κ3) is 7.90. The predicted octanol–water partition coefficient (Wildman–Crippen LogP) is 3.96. The molecule has 0 radical (unpaired) electrons. The molecule has 0 bridgehead atoms. The number of esters is 2. The number of amides is 1. The SMILES string of the molecule is CC[C@H]1OC(O[C@H]2CC[C@@H](Oc3ccc(NC(C)=O)cc3)O[C@@H]2CC)[C@H](OC(C)=O)[C@@H](OC(C)=O)[C@@H]1C. The average molecular weight is 522 g/mol. The van der Waals surface area contributed by atoms with E-state index in [2.05, 4.69) is 5.32 Å². The third-order valence-electron chi connectivity index (χ3n) is 6.59. The van der Waals surface area contributed by atoms with Crippen LogP contribution in [0.1, 0.15) is 67.2 Å². The van der Waals surface area contributed by atoms with Crippen LogP contribution in [0.2, 0.25) is 0 Å². The molecule has 206 valence electrons. The molecule has 1 unspecified atom stereocenters. The van der Waals surface area contributed by atoms with Crippen molar-refractivity contribution in [2.45, 2.75) is 110 Å². The fourth-order valence-electron chi connectivity index (χ4n) is 4.88. The van der Waals surface area contributed by atoms with E-state index in [1.165, 1.54) is 20.8 Å². The lowest BCUT2D eigenvalue weighted by Crippen LogP contribution is -2.59. The van der Waals surface area contributed by atoms with Gasteiger partial charge in [-0.2, -0.15) is 0 Å². The topological polar surface area (TPSA) is 119 Å². The van der Waals surface area contributed by atoms with Crippen molar-refractivity contribution in [3.8, 4) is 5.75 Å². The Kier molecular flexibility index (Phi) is 10.3. The Morgan fingerprint density at radius 1 is 0.892 bits per heavy atom. The lowest BCUT2D eigenvalue weighted by molar-refractivity contribution is -0.319. The van der Waals surface area contributed by atoms with E-state index in [9.17, 15) is 14.4 Å². The van der Waals surface area contributed by atoms with Crippen molar-refractivity contribution >= 4 is 23.5 Å². The number of anilines is 1. The fraction of sp³-hybridized carbons (Fsp3) is 0.667. The first-order valence-corrected chi connectivity index (χ1v) is 13.0. The van der Waals surface area contributed by atoms with E-state index in [4.69, 9.17) is 28.4 Å². The minimum Gasteiger partial charge on any atom is -0.465 e. The molecule has 1 aromatic rings. The highest BCUT2D eigenvalue weighted by atomic mass is 16.7. The summed E-state index contributed by atoms with van der Waals surface area (Å²) in [5.74, 6) is -0.660. The summed E-state index contributed by atoms with van der Waals surface area (Å²) < 4.78 is 36.0. The first-order chi connectivity index (χ1) is 17.6. The van der Waals surface area contributed by atoms with Gasteiger partial charge in [-0.1, -0.05) is 20.8 Å². The molecule has 2 heterocycles. The van der Waals surface area contributed by atoms with Gasteiger partial charge in [0.1, 0.15) is 11.9 Å². The maximum atomic E-state index is 11.9. The lowest BCUT2D eigenvalue weighted by Gasteiger charge is -2.46. The molecule has 0 spiro atoms. The maximum Gasteiger partial charge on any atom is 0.303 e. The van der Waals surface area contributed by atoms with Crippen molar-refractivity contribution in [1.82, 2.24) is 0 Å². The largest absolute Gasteiger partial charge is 0.465 e. The molecule has 2 aliphatic rings. The quantitative estimate of drug-likeness (QED) is 0.482. The fourth-order valence-corrected chi connectivity index (χ4v) is 4.88. The second-order valence-electron chi connectivity index (χ2n) is 9.55. The Labute approximate surface area is 218 Å². The van der Waals surface area contributed by atoms with Gasteiger partial charge >= 0.3 is 11.9 Å². The molecule has 1 aromatic carbocycles. The van der Waals surface area contributed by atoms with Crippen LogP contribution in [0.3, 0.4) is 0 Å². The number of benzene rings is 1. The minimum atomic E-state index is -0.907. The zero-order valence-electron chi connectivity index (χ0n) is 22.4. The van der Waals surface area contributed by atoms with E-state index < -0.39 is 36.7 Å².